The van der Waals surface area contributed by atoms with Gasteiger partial charge in [-0.3, -0.25) is 14.4 Å². The number of hydrogen-bond donors (Lipinski definition) is 2. The Hall–Kier alpha value is -3.22. The summed E-state index contributed by atoms with van der Waals surface area (Å²) in [5.41, 5.74) is 1.09. The lowest BCUT2D eigenvalue weighted by Crippen LogP contribution is -2.22. The second kappa shape index (κ2) is 7.80. The monoisotopic (exact) mass is 383 g/mol. The van der Waals surface area contributed by atoms with Gasteiger partial charge in [0.15, 0.2) is 0 Å². The second-order valence-electron chi connectivity index (χ2n) is 7.23. The highest BCUT2D eigenvalue weighted by Crippen LogP contribution is 2.38. The highest BCUT2D eigenvalue weighted by Gasteiger charge is 2.39. The van der Waals surface area contributed by atoms with Gasteiger partial charge >= 0.3 is 0 Å². The van der Waals surface area contributed by atoms with Gasteiger partial charge in [0.1, 0.15) is 5.82 Å². The minimum Gasteiger partial charge on any atom is -0.345 e. The van der Waals surface area contributed by atoms with E-state index in [0.717, 1.165) is 12.5 Å². The third-order valence-corrected chi connectivity index (χ3v) is 4.70. The first-order chi connectivity index (χ1) is 13.3. The normalized spacial score (nSPS) is 17.6. The van der Waals surface area contributed by atoms with Crippen molar-refractivity contribution in [1.82, 2.24) is 4.90 Å². The SMILES string of the molecule is CC1CC1C(=O)Nc1ccc(F)cc1C(=O)Nc1cccc(C(=O)N(C)C)c1. The van der Waals surface area contributed by atoms with Crippen LogP contribution < -0.4 is 10.6 Å². The number of anilines is 2. The van der Waals surface area contributed by atoms with Gasteiger partial charge in [-0.2, -0.15) is 0 Å². The van der Waals surface area contributed by atoms with Crippen molar-refractivity contribution in [3.8, 4) is 0 Å². The second-order valence-corrected chi connectivity index (χ2v) is 7.23. The van der Waals surface area contributed by atoms with E-state index < -0.39 is 11.7 Å². The Balaban J connectivity index is 1.80. The van der Waals surface area contributed by atoms with Crippen molar-refractivity contribution in [3.05, 3.63) is 59.4 Å². The third-order valence-electron chi connectivity index (χ3n) is 4.70. The Kier molecular flexibility index (Phi) is 5.44. The molecule has 3 rings (SSSR count). The molecule has 28 heavy (non-hydrogen) atoms. The van der Waals surface area contributed by atoms with Crippen LogP contribution in [0.5, 0.6) is 0 Å². The van der Waals surface area contributed by atoms with Crippen molar-refractivity contribution >= 4 is 29.1 Å². The number of benzene rings is 2. The van der Waals surface area contributed by atoms with E-state index in [2.05, 4.69) is 10.6 Å². The van der Waals surface area contributed by atoms with Crippen LogP contribution in [0.4, 0.5) is 15.8 Å². The lowest BCUT2D eigenvalue weighted by Gasteiger charge is -2.13. The van der Waals surface area contributed by atoms with Crippen LogP contribution in [-0.4, -0.2) is 36.7 Å². The lowest BCUT2D eigenvalue weighted by atomic mass is 10.1. The van der Waals surface area contributed by atoms with Gasteiger partial charge in [-0.25, -0.2) is 4.39 Å². The van der Waals surface area contributed by atoms with Gasteiger partial charge < -0.3 is 15.5 Å². The van der Waals surface area contributed by atoms with Gasteiger partial charge in [-0.15, -0.1) is 0 Å². The van der Waals surface area contributed by atoms with Gasteiger partial charge in [-0.05, 0) is 48.7 Å². The number of halogens is 1. The lowest BCUT2D eigenvalue weighted by molar-refractivity contribution is -0.117. The zero-order valence-corrected chi connectivity index (χ0v) is 16.0. The van der Waals surface area contributed by atoms with Crippen LogP contribution in [0, 0.1) is 17.7 Å². The number of carbonyl (C=O) groups is 3. The average Bonchev–Trinajstić information content (AvgIpc) is 3.39. The number of carbonyl (C=O) groups excluding carboxylic acids is 3. The summed E-state index contributed by atoms with van der Waals surface area (Å²) in [5.74, 6) is -1.29. The summed E-state index contributed by atoms with van der Waals surface area (Å²) in [5, 5.41) is 5.37. The molecule has 0 radical (unpaired) electrons. The molecule has 2 aromatic carbocycles. The fraction of sp³-hybridized carbons (Fsp3) is 0.286. The molecule has 0 heterocycles. The van der Waals surface area contributed by atoms with E-state index in [4.69, 9.17) is 0 Å². The van der Waals surface area contributed by atoms with Crippen LogP contribution in [0.25, 0.3) is 0 Å². The van der Waals surface area contributed by atoms with Gasteiger partial charge in [0.05, 0.1) is 11.3 Å². The zero-order valence-electron chi connectivity index (χ0n) is 16.0. The molecule has 2 atom stereocenters. The van der Waals surface area contributed by atoms with Crippen LogP contribution in [0.15, 0.2) is 42.5 Å². The molecule has 146 valence electrons. The van der Waals surface area contributed by atoms with Crippen molar-refractivity contribution in [3.63, 3.8) is 0 Å². The maximum Gasteiger partial charge on any atom is 0.257 e. The Morgan fingerprint density at radius 1 is 1.07 bits per heavy atom. The minimum absolute atomic E-state index is 0.0194. The predicted octanol–water partition coefficient (Wildman–Crippen LogP) is 3.37. The van der Waals surface area contributed by atoms with Crippen molar-refractivity contribution in [2.45, 2.75) is 13.3 Å². The first-order valence-electron chi connectivity index (χ1n) is 8.99. The standard InChI is InChI=1S/C21H22FN3O3/c1-12-9-16(12)19(26)24-18-8-7-14(22)11-17(18)20(27)23-15-6-4-5-13(10-15)21(28)25(2)3/h4-8,10-12,16H,9H2,1-3H3,(H,23,27)(H,24,26). The molecular weight excluding hydrogens is 361 g/mol. The van der Waals surface area contributed by atoms with Gasteiger partial charge in [0.2, 0.25) is 5.91 Å². The molecule has 2 unspecified atom stereocenters. The summed E-state index contributed by atoms with van der Waals surface area (Å²) in [4.78, 5) is 38.4. The van der Waals surface area contributed by atoms with Crippen LogP contribution in [0.1, 0.15) is 34.1 Å². The van der Waals surface area contributed by atoms with E-state index in [1.165, 1.54) is 17.0 Å². The Labute approximate surface area is 162 Å². The molecule has 7 heteroatoms. The summed E-state index contributed by atoms with van der Waals surface area (Å²) < 4.78 is 13.7. The number of rotatable bonds is 5. The highest BCUT2D eigenvalue weighted by atomic mass is 19.1. The largest absolute Gasteiger partial charge is 0.345 e. The van der Waals surface area contributed by atoms with Crippen molar-refractivity contribution in [1.29, 1.82) is 0 Å². The van der Waals surface area contributed by atoms with E-state index in [1.807, 2.05) is 6.92 Å². The molecule has 2 aromatic rings. The van der Waals surface area contributed by atoms with Crippen LogP contribution >= 0.6 is 0 Å². The Morgan fingerprint density at radius 2 is 1.79 bits per heavy atom. The predicted molar refractivity (Wildman–Crippen MR) is 105 cm³/mol. The molecule has 2 N–H and O–H groups in total. The molecule has 1 saturated carbocycles. The number of amides is 3. The first-order valence-corrected chi connectivity index (χ1v) is 8.99. The van der Waals surface area contributed by atoms with Crippen LogP contribution in [-0.2, 0) is 4.79 Å². The molecule has 3 amide bonds. The van der Waals surface area contributed by atoms with Crippen molar-refractivity contribution in [2.24, 2.45) is 11.8 Å². The molecule has 0 aromatic heterocycles. The van der Waals surface area contributed by atoms with Gasteiger partial charge in [0.25, 0.3) is 11.8 Å². The third kappa shape index (κ3) is 4.36. The molecule has 0 aliphatic heterocycles. The van der Waals surface area contributed by atoms with Gasteiger partial charge in [0, 0.05) is 31.3 Å². The molecular formula is C21H22FN3O3. The average molecular weight is 383 g/mol. The molecule has 0 saturated heterocycles. The summed E-state index contributed by atoms with van der Waals surface area (Å²) >= 11 is 0. The minimum atomic E-state index is -0.584. The number of nitrogens with zero attached hydrogens (tertiary/aromatic N) is 1. The Morgan fingerprint density at radius 3 is 2.43 bits per heavy atom. The summed E-state index contributed by atoms with van der Waals surface area (Å²) in [7, 11) is 3.27. The molecule has 1 aliphatic carbocycles. The fourth-order valence-corrected chi connectivity index (χ4v) is 2.91. The maximum absolute atomic E-state index is 13.7. The molecule has 0 spiro atoms. The van der Waals surface area contributed by atoms with E-state index in [-0.39, 0.29) is 29.0 Å². The summed E-state index contributed by atoms with van der Waals surface area (Å²) in [6.45, 7) is 1.98. The van der Waals surface area contributed by atoms with Crippen molar-refractivity contribution in [2.75, 3.05) is 24.7 Å². The molecule has 1 aliphatic rings. The Bertz CT molecular complexity index is 942. The van der Waals surface area contributed by atoms with E-state index in [1.54, 1.807) is 38.4 Å². The topological polar surface area (TPSA) is 78.5 Å². The van der Waals surface area contributed by atoms with E-state index >= 15 is 0 Å². The van der Waals surface area contributed by atoms with E-state index in [0.29, 0.717) is 17.2 Å². The summed E-state index contributed by atoms with van der Waals surface area (Å²) in [6.07, 6.45) is 0.807. The molecule has 6 nitrogen and oxygen atoms in total. The molecule has 1 fully saturated rings. The number of nitrogens with one attached hydrogen (secondary N) is 2. The van der Waals surface area contributed by atoms with Crippen LogP contribution in [0.3, 0.4) is 0 Å². The fourth-order valence-electron chi connectivity index (χ4n) is 2.91. The first kappa shape index (κ1) is 19.5. The van der Waals surface area contributed by atoms with Crippen molar-refractivity contribution < 1.29 is 18.8 Å². The number of hydrogen-bond acceptors (Lipinski definition) is 3. The maximum atomic E-state index is 13.7. The summed E-state index contributed by atoms with van der Waals surface area (Å²) in [6, 6.07) is 10.1. The highest BCUT2D eigenvalue weighted by molar-refractivity contribution is 6.10. The van der Waals surface area contributed by atoms with E-state index in [9.17, 15) is 18.8 Å². The quantitative estimate of drug-likeness (QED) is 0.831. The smallest absolute Gasteiger partial charge is 0.257 e. The zero-order chi connectivity index (χ0) is 20.4. The molecule has 0 bridgehead atoms. The van der Waals surface area contributed by atoms with Gasteiger partial charge in [-0.1, -0.05) is 13.0 Å². The van der Waals surface area contributed by atoms with Crippen LogP contribution in [0.2, 0.25) is 0 Å².